The van der Waals surface area contributed by atoms with E-state index in [4.69, 9.17) is 0 Å². The number of hydrogen-bond donors (Lipinski definition) is 0. The van der Waals surface area contributed by atoms with E-state index in [1.165, 1.54) is 18.3 Å². The summed E-state index contributed by atoms with van der Waals surface area (Å²) in [7, 11) is 0. The number of nitro benzene ring substituents is 1. The van der Waals surface area contributed by atoms with Crippen LogP contribution in [-0.2, 0) is 0 Å². The molecular formula is C16H9BrN3O3-. The SMILES string of the molecule is O=[N+]([O-])c1cc(Br)c([O-])c(C=Nc2cccc3cccnc23)c1. The van der Waals surface area contributed by atoms with Crippen molar-refractivity contribution < 1.29 is 10.0 Å². The van der Waals surface area contributed by atoms with Crippen molar-refractivity contribution in [3.05, 3.63) is 68.8 Å². The van der Waals surface area contributed by atoms with Gasteiger partial charge in [0.1, 0.15) is 0 Å². The van der Waals surface area contributed by atoms with Crippen LogP contribution in [0.3, 0.4) is 0 Å². The predicted octanol–water partition coefficient (Wildman–Crippen LogP) is 3.73. The molecule has 2 aromatic carbocycles. The van der Waals surface area contributed by atoms with Gasteiger partial charge in [-0.15, -0.1) is 0 Å². The molecule has 3 aromatic rings. The Kier molecular flexibility index (Phi) is 4.03. The maximum Gasteiger partial charge on any atom is 0.271 e. The van der Waals surface area contributed by atoms with Gasteiger partial charge in [-0.3, -0.25) is 20.1 Å². The monoisotopic (exact) mass is 370 g/mol. The number of benzene rings is 2. The van der Waals surface area contributed by atoms with E-state index in [0.29, 0.717) is 11.2 Å². The summed E-state index contributed by atoms with van der Waals surface area (Å²) in [6, 6.07) is 11.6. The third-order valence-electron chi connectivity index (χ3n) is 3.22. The molecule has 0 N–H and O–H groups in total. The zero-order valence-corrected chi connectivity index (χ0v) is 13.2. The van der Waals surface area contributed by atoms with Gasteiger partial charge in [0.05, 0.1) is 16.1 Å². The Bertz CT molecular complexity index is 936. The van der Waals surface area contributed by atoms with Crippen LogP contribution in [0.15, 0.2) is 58.1 Å². The summed E-state index contributed by atoms with van der Waals surface area (Å²) >= 11 is 3.04. The van der Waals surface area contributed by atoms with Crippen molar-refractivity contribution in [1.82, 2.24) is 4.98 Å². The molecular weight excluding hydrogens is 362 g/mol. The molecule has 0 atom stereocenters. The minimum atomic E-state index is -0.555. The van der Waals surface area contributed by atoms with Crippen LogP contribution in [0.25, 0.3) is 10.9 Å². The summed E-state index contributed by atoms with van der Waals surface area (Å²) in [5.41, 5.74) is 1.25. The first kappa shape index (κ1) is 15.1. The molecule has 1 aromatic heterocycles. The van der Waals surface area contributed by atoms with E-state index in [0.717, 1.165) is 5.39 Å². The first-order chi connectivity index (χ1) is 11.1. The van der Waals surface area contributed by atoms with Crippen molar-refractivity contribution in [2.75, 3.05) is 0 Å². The number of aliphatic imine (C=N–C) groups is 1. The molecule has 1 heterocycles. The lowest BCUT2D eigenvalue weighted by Gasteiger charge is -2.12. The number of hydrogen-bond acceptors (Lipinski definition) is 5. The van der Waals surface area contributed by atoms with Crippen LogP contribution in [0.1, 0.15) is 5.56 Å². The van der Waals surface area contributed by atoms with Crippen LogP contribution in [0, 0.1) is 10.1 Å². The van der Waals surface area contributed by atoms with E-state index in [9.17, 15) is 15.2 Å². The molecule has 0 saturated carbocycles. The first-order valence-electron chi connectivity index (χ1n) is 6.59. The predicted molar refractivity (Wildman–Crippen MR) is 89.2 cm³/mol. The summed E-state index contributed by atoms with van der Waals surface area (Å²) in [5, 5.41) is 23.9. The van der Waals surface area contributed by atoms with Gasteiger partial charge in [0.15, 0.2) is 0 Å². The van der Waals surface area contributed by atoms with Crippen molar-refractivity contribution in [3.63, 3.8) is 0 Å². The van der Waals surface area contributed by atoms with E-state index in [-0.39, 0.29) is 21.5 Å². The lowest BCUT2D eigenvalue weighted by Crippen LogP contribution is -1.99. The Morgan fingerprint density at radius 2 is 2.00 bits per heavy atom. The summed E-state index contributed by atoms with van der Waals surface area (Å²) in [4.78, 5) is 18.9. The maximum absolute atomic E-state index is 12.1. The van der Waals surface area contributed by atoms with Crippen molar-refractivity contribution in [2.24, 2.45) is 4.99 Å². The number of aromatic nitrogens is 1. The molecule has 0 bridgehead atoms. The van der Waals surface area contributed by atoms with Gasteiger partial charge in [0, 0.05) is 34.4 Å². The maximum atomic E-state index is 12.1. The smallest absolute Gasteiger partial charge is 0.271 e. The largest absolute Gasteiger partial charge is 0.871 e. The summed E-state index contributed by atoms with van der Waals surface area (Å²) in [5.74, 6) is -0.354. The zero-order chi connectivity index (χ0) is 16.4. The number of fused-ring (bicyclic) bond motifs is 1. The van der Waals surface area contributed by atoms with E-state index >= 15 is 0 Å². The van der Waals surface area contributed by atoms with Gasteiger partial charge < -0.3 is 5.11 Å². The van der Waals surface area contributed by atoms with Gasteiger partial charge >= 0.3 is 0 Å². The third-order valence-corrected chi connectivity index (χ3v) is 3.81. The normalized spacial score (nSPS) is 11.2. The Hall–Kier alpha value is -2.80. The number of pyridine rings is 1. The molecule has 0 radical (unpaired) electrons. The number of nitrogens with zero attached hydrogens (tertiary/aromatic N) is 3. The standard InChI is InChI=1S/C16H10BrN3O3/c17-13-8-12(20(22)23)7-11(16(13)21)9-19-14-5-1-3-10-4-2-6-18-15(10)14/h1-9,21H/p-1. The number of non-ortho nitro benzene ring substituents is 1. The third kappa shape index (κ3) is 3.04. The molecule has 6 nitrogen and oxygen atoms in total. The van der Waals surface area contributed by atoms with Gasteiger partial charge in [-0.1, -0.05) is 39.9 Å². The molecule has 0 aliphatic rings. The zero-order valence-electron chi connectivity index (χ0n) is 11.6. The fourth-order valence-corrected chi connectivity index (χ4v) is 2.60. The first-order valence-corrected chi connectivity index (χ1v) is 7.38. The average molecular weight is 371 g/mol. The van der Waals surface area contributed by atoms with Gasteiger partial charge in [-0.25, -0.2) is 0 Å². The summed E-state index contributed by atoms with van der Waals surface area (Å²) in [6.07, 6.45) is 2.98. The van der Waals surface area contributed by atoms with E-state index < -0.39 is 4.92 Å². The summed E-state index contributed by atoms with van der Waals surface area (Å²) in [6.45, 7) is 0. The lowest BCUT2D eigenvalue weighted by molar-refractivity contribution is -0.385. The Balaban J connectivity index is 2.07. The van der Waals surface area contributed by atoms with Crippen LogP contribution >= 0.6 is 15.9 Å². The molecule has 7 heteroatoms. The number of halogens is 1. The highest BCUT2D eigenvalue weighted by atomic mass is 79.9. The quantitative estimate of drug-likeness (QED) is 0.398. The second-order valence-electron chi connectivity index (χ2n) is 4.71. The molecule has 0 saturated heterocycles. The minimum Gasteiger partial charge on any atom is -0.871 e. The topological polar surface area (TPSA) is 91.5 Å². The van der Waals surface area contributed by atoms with Gasteiger partial charge in [-0.2, -0.15) is 0 Å². The fourth-order valence-electron chi connectivity index (χ4n) is 2.13. The van der Waals surface area contributed by atoms with Crippen molar-refractivity contribution in [2.45, 2.75) is 0 Å². The van der Waals surface area contributed by atoms with Crippen molar-refractivity contribution in [1.29, 1.82) is 0 Å². The second-order valence-corrected chi connectivity index (χ2v) is 5.57. The van der Waals surface area contributed by atoms with Crippen LogP contribution in [0.4, 0.5) is 11.4 Å². The molecule has 0 spiro atoms. The van der Waals surface area contributed by atoms with E-state index in [2.05, 4.69) is 25.9 Å². The Labute approximate surface area is 139 Å². The highest BCUT2D eigenvalue weighted by Gasteiger charge is 2.09. The van der Waals surface area contributed by atoms with Crippen LogP contribution in [0.2, 0.25) is 0 Å². The molecule has 0 unspecified atom stereocenters. The average Bonchev–Trinajstić information content (AvgIpc) is 2.55. The van der Waals surface area contributed by atoms with E-state index in [1.807, 2.05) is 24.3 Å². The molecule has 0 fully saturated rings. The van der Waals surface area contributed by atoms with Gasteiger partial charge in [0.2, 0.25) is 0 Å². The number of para-hydroxylation sites is 1. The van der Waals surface area contributed by atoms with Gasteiger partial charge in [0.25, 0.3) is 5.69 Å². The Morgan fingerprint density at radius 1 is 1.22 bits per heavy atom. The van der Waals surface area contributed by atoms with Gasteiger partial charge in [-0.05, 0) is 17.7 Å². The molecule has 0 amide bonds. The molecule has 0 aliphatic carbocycles. The number of rotatable bonds is 3. The number of nitro groups is 1. The van der Waals surface area contributed by atoms with E-state index in [1.54, 1.807) is 12.3 Å². The highest BCUT2D eigenvalue weighted by Crippen LogP contribution is 2.30. The van der Waals surface area contributed by atoms with Crippen LogP contribution < -0.4 is 5.11 Å². The van der Waals surface area contributed by atoms with Crippen molar-refractivity contribution >= 4 is 44.4 Å². The fraction of sp³-hybridized carbons (Fsp3) is 0. The van der Waals surface area contributed by atoms with Crippen LogP contribution in [-0.4, -0.2) is 16.1 Å². The molecule has 0 aliphatic heterocycles. The minimum absolute atomic E-state index is 0.129. The van der Waals surface area contributed by atoms with Crippen LogP contribution in [0.5, 0.6) is 5.75 Å². The lowest BCUT2D eigenvalue weighted by atomic mass is 10.2. The molecule has 23 heavy (non-hydrogen) atoms. The Morgan fingerprint density at radius 3 is 2.78 bits per heavy atom. The van der Waals surface area contributed by atoms with Crippen molar-refractivity contribution in [3.8, 4) is 5.75 Å². The molecule has 114 valence electrons. The summed E-state index contributed by atoms with van der Waals surface area (Å²) < 4.78 is 0.129. The highest BCUT2D eigenvalue weighted by molar-refractivity contribution is 9.10. The second kappa shape index (κ2) is 6.13. The molecule has 3 rings (SSSR count).